The molecule has 0 saturated carbocycles. The Kier molecular flexibility index (Phi) is 9.33. The summed E-state index contributed by atoms with van der Waals surface area (Å²) in [4.78, 5) is 27.4. The third-order valence-corrected chi connectivity index (χ3v) is 5.58. The fraction of sp³-hybridized carbons (Fsp3) is 0.364. The van der Waals surface area contributed by atoms with E-state index in [4.69, 9.17) is 21.1 Å². The number of carbonyl (C=O) groups is 2. The lowest BCUT2D eigenvalue weighted by Crippen LogP contribution is -2.47. The maximum absolute atomic E-state index is 13.1. The maximum Gasteiger partial charge on any atom is 0.253 e. The van der Waals surface area contributed by atoms with E-state index in [-0.39, 0.29) is 11.8 Å². The van der Waals surface area contributed by atoms with Gasteiger partial charge in [0.2, 0.25) is 5.91 Å². The molecule has 2 rings (SSSR count). The highest BCUT2D eigenvalue weighted by Crippen LogP contribution is 2.26. The van der Waals surface area contributed by atoms with Crippen LogP contribution in [0.3, 0.4) is 0 Å². The van der Waals surface area contributed by atoms with Crippen LogP contribution in [0.4, 0.5) is 0 Å². The number of ether oxygens (including phenoxy) is 2. The van der Waals surface area contributed by atoms with Gasteiger partial charge in [-0.25, -0.2) is 0 Å². The lowest BCUT2D eigenvalue weighted by Gasteiger charge is -2.25. The molecule has 1 N–H and O–H groups in total. The molecule has 0 radical (unpaired) electrons. The molecule has 8 heteroatoms. The van der Waals surface area contributed by atoms with E-state index in [1.165, 1.54) is 0 Å². The van der Waals surface area contributed by atoms with Crippen LogP contribution >= 0.6 is 23.4 Å². The van der Waals surface area contributed by atoms with Crippen molar-refractivity contribution < 1.29 is 19.1 Å². The molecular formula is C22H27ClN2O4S. The van der Waals surface area contributed by atoms with E-state index in [0.29, 0.717) is 35.1 Å². The third kappa shape index (κ3) is 6.31. The average Bonchev–Trinajstić information content (AvgIpc) is 2.76. The molecule has 0 spiro atoms. The first-order valence-electron chi connectivity index (χ1n) is 9.41. The van der Waals surface area contributed by atoms with Crippen molar-refractivity contribution in [3.8, 4) is 11.5 Å². The van der Waals surface area contributed by atoms with Crippen LogP contribution in [-0.4, -0.2) is 56.0 Å². The van der Waals surface area contributed by atoms with Crippen LogP contribution in [-0.2, 0) is 11.3 Å². The molecule has 1 atom stereocenters. The zero-order chi connectivity index (χ0) is 22.1. The second-order valence-electron chi connectivity index (χ2n) is 6.66. The van der Waals surface area contributed by atoms with Gasteiger partial charge < -0.3 is 19.7 Å². The molecule has 0 aliphatic carbocycles. The summed E-state index contributed by atoms with van der Waals surface area (Å²) in [6, 6.07) is 11.6. The van der Waals surface area contributed by atoms with Gasteiger partial charge in [0.15, 0.2) is 0 Å². The lowest BCUT2D eigenvalue weighted by molar-refractivity contribution is -0.132. The second-order valence-corrected chi connectivity index (χ2v) is 8.05. The van der Waals surface area contributed by atoms with Crippen LogP contribution in [0, 0.1) is 0 Å². The molecular weight excluding hydrogens is 424 g/mol. The number of hydrogen-bond donors (Lipinski definition) is 1. The number of hydrogen-bond acceptors (Lipinski definition) is 5. The van der Waals surface area contributed by atoms with Crippen LogP contribution in [0.25, 0.3) is 0 Å². The number of rotatable bonds is 10. The summed E-state index contributed by atoms with van der Waals surface area (Å²) in [6.45, 7) is 0.337. The van der Waals surface area contributed by atoms with Crippen LogP contribution in [0.15, 0.2) is 42.5 Å². The minimum atomic E-state index is -0.657. The number of halogens is 1. The van der Waals surface area contributed by atoms with Crippen LogP contribution in [0.5, 0.6) is 11.5 Å². The molecule has 0 aromatic heterocycles. The first kappa shape index (κ1) is 23.9. The predicted molar refractivity (Wildman–Crippen MR) is 122 cm³/mol. The summed E-state index contributed by atoms with van der Waals surface area (Å²) in [6.07, 6.45) is 2.48. The van der Waals surface area contributed by atoms with Crippen molar-refractivity contribution in [1.82, 2.24) is 10.2 Å². The molecule has 0 saturated heterocycles. The smallest absolute Gasteiger partial charge is 0.253 e. The van der Waals surface area contributed by atoms with Gasteiger partial charge in [0.25, 0.3) is 5.91 Å². The van der Waals surface area contributed by atoms with Gasteiger partial charge in [-0.15, -0.1) is 0 Å². The van der Waals surface area contributed by atoms with Crippen LogP contribution < -0.4 is 14.8 Å². The summed E-state index contributed by atoms with van der Waals surface area (Å²) >= 11 is 7.75. The maximum atomic E-state index is 13.1. The topological polar surface area (TPSA) is 67.9 Å². The Morgan fingerprint density at radius 3 is 2.53 bits per heavy atom. The first-order valence-corrected chi connectivity index (χ1v) is 11.2. The van der Waals surface area contributed by atoms with Gasteiger partial charge in [-0.1, -0.05) is 23.7 Å². The number of nitrogens with zero attached hydrogens (tertiary/aromatic N) is 1. The van der Waals surface area contributed by atoms with Crippen molar-refractivity contribution in [3.63, 3.8) is 0 Å². The van der Waals surface area contributed by atoms with Crippen molar-refractivity contribution in [2.45, 2.75) is 19.0 Å². The molecule has 0 aliphatic rings. The molecule has 0 heterocycles. The van der Waals surface area contributed by atoms with E-state index in [0.717, 1.165) is 11.3 Å². The van der Waals surface area contributed by atoms with Gasteiger partial charge in [0.05, 0.1) is 24.8 Å². The molecule has 0 aliphatic heterocycles. The first-order chi connectivity index (χ1) is 14.4. The highest BCUT2D eigenvalue weighted by molar-refractivity contribution is 7.98. The summed E-state index contributed by atoms with van der Waals surface area (Å²) in [5, 5.41) is 3.19. The third-order valence-electron chi connectivity index (χ3n) is 4.61. The van der Waals surface area contributed by atoms with Crippen LogP contribution in [0.1, 0.15) is 22.3 Å². The number of methoxy groups -OCH3 is 2. The van der Waals surface area contributed by atoms with Crippen LogP contribution in [0.2, 0.25) is 5.02 Å². The molecule has 1 unspecified atom stereocenters. The molecule has 6 nitrogen and oxygen atoms in total. The normalized spacial score (nSPS) is 11.5. The molecule has 30 heavy (non-hydrogen) atoms. The molecule has 0 fully saturated rings. The Hall–Kier alpha value is -2.38. The van der Waals surface area contributed by atoms with Crippen molar-refractivity contribution in [1.29, 1.82) is 0 Å². The largest absolute Gasteiger partial charge is 0.497 e. The van der Waals surface area contributed by atoms with Crippen molar-refractivity contribution in [3.05, 3.63) is 58.6 Å². The van der Waals surface area contributed by atoms with Gasteiger partial charge >= 0.3 is 0 Å². The summed E-state index contributed by atoms with van der Waals surface area (Å²) in [7, 11) is 4.87. The number of carbonyl (C=O) groups excluding carboxylic acids is 2. The van der Waals surface area contributed by atoms with Gasteiger partial charge in [-0.05, 0) is 42.7 Å². The quantitative estimate of drug-likeness (QED) is 0.595. The monoisotopic (exact) mass is 450 g/mol. The Morgan fingerprint density at radius 2 is 1.90 bits per heavy atom. The Labute approximate surface area is 186 Å². The number of benzene rings is 2. The second kappa shape index (κ2) is 11.7. The standard InChI is InChI=1S/C22H27ClN2O4S/c1-25(14-15-9-10-16(28-2)13-20(15)29-3)22(27)19(11-12-30-4)24-21(26)17-7-5-6-8-18(17)23/h5-10,13,19H,11-12,14H2,1-4H3,(H,24,26). The van der Waals surface area contributed by atoms with Gasteiger partial charge in [0.1, 0.15) is 17.5 Å². The summed E-state index contributed by atoms with van der Waals surface area (Å²) in [5.74, 6) is 1.50. The SMILES string of the molecule is COc1ccc(CN(C)C(=O)C(CCSC)NC(=O)c2ccccc2Cl)c(OC)c1. The van der Waals surface area contributed by atoms with Crippen molar-refractivity contribution in [2.75, 3.05) is 33.3 Å². The summed E-state index contributed by atoms with van der Waals surface area (Å²) in [5.41, 5.74) is 1.19. The van der Waals surface area contributed by atoms with E-state index in [9.17, 15) is 9.59 Å². The van der Waals surface area contributed by atoms with E-state index in [1.807, 2.05) is 18.4 Å². The Balaban J connectivity index is 2.15. The van der Waals surface area contributed by atoms with Gasteiger partial charge in [-0.2, -0.15) is 11.8 Å². The number of likely N-dealkylation sites (N-methyl/N-ethyl adjacent to an activating group) is 1. The minimum absolute atomic E-state index is 0.178. The number of thioether (sulfide) groups is 1. The van der Waals surface area contributed by atoms with Crippen molar-refractivity contribution in [2.24, 2.45) is 0 Å². The molecule has 2 amide bonds. The molecule has 162 valence electrons. The Morgan fingerprint density at radius 1 is 1.17 bits per heavy atom. The predicted octanol–water partition coefficient (Wildman–Crippen LogP) is 3.87. The molecule has 2 aromatic rings. The number of nitrogens with one attached hydrogen (secondary N) is 1. The summed E-state index contributed by atoms with van der Waals surface area (Å²) < 4.78 is 10.6. The molecule has 2 aromatic carbocycles. The van der Waals surface area contributed by atoms with Gasteiger partial charge in [0, 0.05) is 25.2 Å². The van der Waals surface area contributed by atoms with E-state index in [2.05, 4.69) is 5.32 Å². The fourth-order valence-electron chi connectivity index (χ4n) is 2.96. The number of amides is 2. The van der Waals surface area contributed by atoms with E-state index in [1.54, 1.807) is 68.3 Å². The van der Waals surface area contributed by atoms with E-state index >= 15 is 0 Å². The molecule has 0 bridgehead atoms. The minimum Gasteiger partial charge on any atom is -0.497 e. The zero-order valence-electron chi connectivity index (χ0n) is 17.6. The van der Waals surface area contributed by atoms with Crippen molar-refractivity contribution >= 4 is 35.2 Å². The van der Waals surface area contributed by atoms with Gasteiger partial charge in [-0.3, -0.25) is 9.59 Å². The fourth-order valence-corrected chi connectivity index (χ4v) is 3.65. The average molecular weight is 451 g/mol. The zero-order valence-corrected chi connectivity index (χ0v) is 19.2. The lowest BCUT2D eigenvalue weighted by atomic mass is 10.1. The Bertz CT molecular complexity index is 878. The highest BCUT2D eigenvalue weighted by atomic mass is 35.5. The highest BCUT2D eigenvalue weighted by Gasteiger charge is 2.25. The van der Waals surface area contributed by atoms with E-state index < -0.39 is 6.04 Å².